The van der Waals surface area contributed by atoms with Gasteiger partial charge < -0.3 is 15.2 Å². The van der Waals surface area contributed by atoms with Crippen LogP contribution in [-0.2, 0) is 14.3 Å². The smallest absolute Gasteiger partial charge is 0.312 e. The number of hydrogen-bond donors (Lipinski definition) is 2. The molecule has 2 atom stereocenters. The summed E-state index contributed by atoms with van der Waals surface area (Å²) in [4.78, 5) is 24.7. The van der Waals surface area contributed by atoms with Gasteiger partial charge in [0.2, 0.25) is 0 Å². The van der Waals surface area contributed by atoms with Crippen molar-refractivity contribution in [3.63, 3.8) is 0 Å². The van der Waals surface area contributed by atoms with Crippen molar-refractivity contribution >= 4 is 29.2 Å². The quantitative estimate of drug-likeness (QED) is 0.785. The normalized spacial score (nSPS) is 34.6. The minimum atomic E-state index is -0.754. The van der Waals surface area contributed by atoms with Gasteiger partial charge in [-0.15, -0.1) is 0 Å². The molecule has 0 aromatic heterocycles. The maximum Gasteiger partial charge on any atom is 0.312 e. The van der Waals surface area contributed by atoms with Crippen LogP contribution < -0.4 is 5.32 Å². The van der Waals surface area contributed by atoms with E-state index in [0.717, 1.165) is 38.2 Å². The molecule has 1 aromatic rings. The summed E-state index contributed by atoms with van der Waals surface area (Å²) in [6.07, 6.45) is 4.51. The highest BCUT2D eigenvalue weighted by Crippen LogP contribution is 2.61. The second-order valence-electron chi connectivity index (χ2n) is 8.22. The zero-order valence-electron chi connectivity index (χ0n) is 14.3. The number of esters is 1. The molecular weight excluding hydrogens is 361 g/mol. The SMILES string of the molecule is O=C(COC(=O)C12CC3CC(CC(O)(C3)C1)C2)Nc1ccc(F)c(Cl)c1. The molecule has 4 saturated carbocycles. The van der Waals surface area contributed by atoms with E-state index in [9.17, 15) is 19.1 Å². The number of carbonyl (C=O) groups is 2. The van der Waals surface area contributed by atoms with Gasteiger partial charge in [0.15, 0.2) is 6.61 Å². The van der Waals surface area contributed by atoms with Gasteiger partial charge in [0, 0.05) is 5.69 Å². The summed E-state index contributed by atoms with van der Waals surface area (Å²) in [5, 5.41) is 13.1. The number of carbonyl (C=O) groups excluding carboxylic acids is 2. The number of hydrogen-bond acceptors (Lipinski definition) is 4. The lowest BCUT2D eigenvalue weighted by molar-refractivity contribution is -0.196. The van der Waals surface area contributed by atoms with Gasteiger partial charge in [-0.1, -0.05) is 11.6 Å². The first kappa shape index (κ1) is 17.7. The Balaban J connectivity index is 1.36. The Kier molecular flexibility index (Phi) is 4.23. The fourth-order valence-electron chi connectivity index (χ4n) is 5.51. The Bertz CT molecular complexity index is 754. The average molecular weight is 382 g/mol. The molecule has 2 N–H and O–H groups in total. The van der Waals surface area contributed by atoms with Crippen LogP contribution in [0.2, 0.25) is 5.02 Å². The van der Waals surface area contributed by atoms with Gasteiger partial charge >= 0.3 is 5.97 Å². The van der Waals surface area contributed by atoms with Crippen molar-refractivity contribution in [3.05, 3.63) is 29.0 Å². The highest BCUT2D eigenvalue weighted by molar-refractivity contribution is 6.31. The van der Waals surface area contributed by atoms with Crippen molar-refractivity contribution in [2.75, 3.05) is 11.9 Å². The lowest BCUT2D eigenvalue weighted by atomic mass is 9.48. The minimum absolute atomic E-state index is 0.0957. The lowest BCUT2D eigenvalue weighted by Gasteiger charge is -2.58. The third-order valence-corrected chi connectivity index (χ3v) is 6.29. The van der Waals surface area contributed by atoms with E-state index in [1.165, 1.54) is 12.1 Å². The van der Waals surface area contributed by atoms with Crippen LogP contribution >= 0.6 is 11.6 Å². The van der Waals surface area contributed by atoms with Crippen LogP contribution in [-0.4, -0.2) is 29.2 Å². The fraction of sp³-hybridized carbons (Fsp3) is 0.579. The zero-order valence-corrected chi connectivity index (χ0v) is 15.0. The molecule has 4 aliphatic carbocycles. The van der Waals surface area contributed by atoms with Crippen LogP contribution in [0.15, 0.2) is 18.2 Å². The van der Waals surface area contributed by atoms with Crippen molar-refractivity contribution in [2.24, 2.45) is 17.3 Å². The first-order chi connectivity index (χ1) is 12.3. The highest BCUT2D eigenvalue weighted by atomic mass is 35.5. The molecule has 0 aliphatic heterocycles. The molecule has 5 rings (SSSR count). The third-order valence-electron chi connectivity index (χ3n) is 6.00. The molecule has 0 spiro atoms. The Labute approximate surface area is 155 Å². The summed E-state index contributed by atoms with van der Waals surface area (Å²) in [7, 11) is 0. The van der Waals surface area contributed by atoms with Crippen LogP contribution in [0.25, 0.3) is 0 Å². The van der Waals surface area contributed by atoms with Crippen molar-refractivity contribution in [1.82, 2.24) is 0 Å². The summed E-state index contributed by atoms with van der Waals surface area (Å²) in [6, 6.07) is 3.83. The van der Waals surface area contributed by atoms with E-state index in [2.05, 4.69) is 5.32 Å². The van der Waals surface area contributed by atoms with E-state index >= 15 is 0 Å². The van der Waals surface area contributed by atoms with Crippen LogP contribution in [0.5, 0.6) is 0 Å². The Hall–Kier alpha value is -1.66. The molecular formula is C19H21ClFNO4. The minimum Gasteiger partial charge on any atom is -0.455 e. The summed E-state index contributed by atoms with van der Waals surface area (Å²) in [5.41, 5.74) is -1.07. The largest absolute Gasteiger partial charge is 0.455 e. The molecule has 7 heteroatoms. The summed E-state index contributed by atoms with van der Waals surface area (Å²) in [6.45, 7) is -0.413. The number of rotatable bonds is 4. The number of halogens is 2. The number of nitrogens with one attached hydrogen (secondary N) is 1. The summed E-state index contributed by atoms with van der Waals surface area (Å²) >= 11 is 5.68. The molecule has 4 aliphatic rings. The molecule has 26 heavy (non-hydrogen) atoms. The predicted molar refractivity (Wildman–Crippen MR) is 93.1 cm³/mol. The average Bonchev–Trinajstić information content (AvgIpc) is 2.53. The van der Waals surface area contributed by atoms with Crippen molar-refractivity contribution in [3.8, 4) is 0 Å². The number of anilines is 1. The molecule has 0 radical (unpaired) electrons. The Morgan fingerprint density at radius 1 is 1.27 bits per heavy atom. The second kappa shape index (κ2) is 6.20. The van der Waals surface area contributed by atoms with Crippen molar-refractivity contribution in [1.29, 1.82) is 0 Å². The highest BCUT2D eigenvalue weighted by Gasteiger charge is 2.60. The fourth-order valence-corrected chi connectivity index (χ4v) is 5.69. The van der Waals surface area contributed by atoms with Crippen LogP contribution in [0.3, 0.4) is 0 Å². The molecule has 0 heterocycles. The van der Waals surface area contributed by atoms with E-state index in [0.29, 0.717) is 23.9 Å². The molecule has 5 nitrogen and oxygen atoms in total. The standard InChI is InChI=1S/C19H21ClFNO4/c20-14-4-13(1-2-15(14)21)22-16(23)9-26-17(24)18-5-11-3-12(6-18)8-19(25,7-11)10-18/h1-2,4,11-12,25H,3,5-10H2,(H,22,23). The van der Waals surface area contributed by atoms with E-state index in [1.807, 2.05) is 0 Å². The van der Waals surface area contributed by atoms with Crippen molar-refractivity contribution < 1.29 is 23.8 Å². The maximum atomic E-state index is 13.1. The van der Waals surface area contributed by atoms with Gasteiger partial charge in [0.1, 0.15) is 5.82 Å². The van der Waals surface area contributed by atoms with Gasteiger partial charge in [-0.2, -0.15) is 0 Å². The monoisotopic (exact) mass is 381 g/mol. The van der Waals surface area contributed by atoms with Gasteiger partial charge in [-0.3, -0.25) is 9.59 Å². The van der Waals surface area contributed by atoms with E-state index in [4.69, 9.17) is 16.3 Å². The molecule has 1 aromatic carbocycles. The summed E-state index contributed by atoms with van der Waals surface area (Å²) < 4.78 is 18.4. The topological polar surface area (TPSA) is 75.6 Å². The van der Waals surface area contributed by atoms with E-state index in [1.54, 1.807) is 0 Å². The van der Waals surface area contributed by atoms with E-state index in [-0.39, 0.29) is 5.02 Å². The number of benzene rings is 1. The van der Waals surface area contributed by atoms with Crippen LogP contribution in [0.4, 0.5) is 10.1 Å². The van der Waals surface area contributed by atoms with Crippen LogP contribution in [0, 0.1) is 23.1 Å². The third kappa shape index (κ3) is 3.21. The zero-order chi connectivity index (χ0) is 18.5. The first-order valence-electron chi connectivity index (χ1n) is 8.92. The van der Waals surface area contributed by atoms with E-state index < -0.39 is 35.3 Å². The summed E-state index contributed by atoms with van der Waals surface area (Å²) in [5.74, 6) is -0.745. The molecule has 0 saturated heterocycles. The lowest BCUT2D eigenvalue weighted by Crippen LogP contribution is -2.58. The Morgan fingerprint density at radius 2 is 1.96 bits per heavy atom. The second-order valence-corrected chi connectivity index (χ2v) is 8.63. The first-order valence-corrected chi connectivity index (χ1v) is 9.29. The molecule has 4 bridgehead atoms. The van der Waals surface area contributed by atoms with Gasteiger partial charge in [0.05, 0.1) is 16.0 Å². The molecule has 1 amide bonds. The number of aliphatic hydroxyl groups is 1. The van der Waals surface area contributed by atoms with Gasteiger partial charge in [-0.05, 0) is 68.6 Å². The molecule has 4 fully saturated rings. The van der Waals surface area contributed by atoms with Crippen LogP contribution in [0.1, 0.15) is 38.5 Å². The number of amides is 1. The molecule has 2 unspecified atom stereocenters. The number of ether oxygens (including phenoxy) is 1. The van der Waals surface area contributed by atoms with Gasteiger partial charge in [-0.25, -0.2) is 4.39 Å². The maximum absolute atomic E-state index is 13.1. The Morgan fingerprint density at radius 3 is 2.58 bits per heavy atom. The predicted octanol–water partition coefficient (Wildman–Crippen LogP) is 3.29. The van der Waals surface area contributed by atoms with Crippen molar-refractivity contribution in [2.45, 2.75) is 44.1 Å². The molecule has 140 valence electrons. The van der Waals surface area contributed by atoms with Gasteiger partial charge in [0.25, 0.3) is 5.91 Å².